The molecule has 116 valence electrons. The fourth-order valence-electron chi connectivity index (χ4n) is 2.12. The molecule has 21 heavy (non-hydrogen) atoms. The first-order chi connectivity index (χ1) is 9.74. The third-order valence-electron chi connectivity index (χ3n) is 3.06. The minimum Gasteiger partial charge on any atom is -0.486 e. The number of likely N-dealkylation sites (tertiary alicyclic amines) is 1. The monoisotopic (exact) mass is 312 g/mol. The van der Waals surface area contributed by atoms with Crippen LogP contribution in [0.1, 0.15) is 27.2 Å². The Balaban J connectivity index is 1.92. The average Bonchev–Trinajstić information content (AvgIpc) is 2.79. The van der Waals surface area contributed by atoms with E-state index < -0.39 is 5.60 Å². The van der Waals surface area contributed by atoms with Gasteiger partial charge in [0, 0.05) is 18.0 Å². The standard InChI is InChI=1S/C15H21ClN2O3/c1-15(2,3)21-14(19)18-7-6-11(9-18)20-13-5-4-10(16)8-12(13)17/h4-5,8,11H,6-7,9,17H2,1-3H3. The Morgan fingerprint density at radius 1 is 1.43 bits per heavy atom. The van der Waals surface area contributed by atoms with Gasteiger partial charge in [0.15, 0.2) is 0 Å². The summed E-state index contributed by atoms with van der Waals surface area (Å²) in [6.45, 7) is 6.67. The number of hydrogen-bond donors (Lipinski definition) is 1. The fourth-order valence-corrected chi connectivity index (χ4v) is 2.30. The lowest BCUT2D eigenvalue weighted by Crippen LogP contribution is -2.36. The fraction of sp³-hybridized carbons (Fsp3) is 0.533. The number of ether oxygens (including phenoxy) is 2. The van der Waals surface area contributed by atoms with Gasteiger partial charge in [-0.15, -0.1) is 0 Å². The molecule has 1 aliphatic heterocycles. The molecule has 0 saturated carbocycles. The van der Waals surface area contributed by atoms with Crippen LogP contribution in [0.2, 0.25) is 5.02 Å². The second-order valence-electron chi connectivity index (χ2n) is 6.14. The van der Waals surface area contributed by atoms with Crippen LogP contribution in [0.15, 0.2) is 18.2 Å². The largest absolute Gasteiger partial charge is 0.486 e. The molecular formula is C15H21ClN2O3. The number of anilines is 1. The minimum atomic E-state index is -0.489. The van der Waals surface area contributed by atoms with E-state index in [4.69, 9.17) is 26.8 Å². The van der Waals surface area contributed by atoms with Gasteiger partial charge in [-0.3, -0.25) is 0 Å². The van der Waals surface area contributed by atoms with E-state index in [0.717, 1.165) is 6.42 Å². The summed E-state index contributed by atoms with van der Waals surface area (Å²) >= 11 is 5.85. The van der Waals surface area contributed by atoms with E-state index in [1.165, 1.54) is 0 Å². The highest BCUT2D eigenvalue weighted by molar-refractivity contribution is 6.30. The zero-order chi connectivity index (χ0) is 15.6. The van der Waals surface area contributed by atoms with E-state index in [0.29, 0.717) is 29.5 Å². The lowest BCUT2D eigenvalue weighted by molar-refractivity contribution is 0.0276. The predicted molar refractivity (Wildman–Crippen MR) is 82.7 cm³/mol. The van der Waals surface area contributed by atoms with Crippen LogP contribution in [-0.2, 0) is 4.74 Å². The summed E-state index contributed by atoms with van der Waals surface area (Å²) in [5.41, 5.74) is 5.87. The molecule has 1 unspecified atom stereocenters. The molecule has 1 aromatic rings. The maximum Gasteiger partial charge on any atom is 0.410 e. The molecule has 1 heterocycles. The number of carbonyl (C=O) groups is 1. The van der Waals surface area contributed by atoms with Crippen molar-refractivity contribution >= 4 is 23.4 Å². The van der Waals surface area contributed by atoms with Crippen molar-refractivity contribution < 1.29 is 14.3 Å². The predicted octanol–water partition coefficient (Wildman–Crippen LogP) is 3.31. The van der Waals surface area contributed by atoms with Gasteiger partial charge in [-0.25, -0.2) is 4.79 Å². The first-order valence-corrected chi connectivity index (χ1v) is 7.32. The lowest BCUT2D eigenvalue weighted by Gasteiger charge is -2.24. The molecule has 5 nitrogen and oxygen atoms in total. The first-order valence-electron chi connectivity index (χ1n) is 6.94. The zero-order valence-electron chi connectivity index (χ0n) is 12.6. The molecule has 0 aliphatic carbocycles. The van der Waals surface area contributed by atoms with Crippen LogP contribution in [-0.4, -0.2) is 35.8 Å². The Labute approximate surface area is 130 Å². The average molecular weight is 313 g/mol. The molecule has 1 atom stereocenters. The van der Waals surface area contributed by atoms with E-state index in [-0.39, 0.29) is 12.2 Å². The highest BCUT2D eigenvalue weighted by atomic mass is 35.5. The van der Waals surface area contributed by atoms with Crippen molar-refractivity contribution in [2.24, 2.45) is 0 Å². The second kappa shape index (κ2) is 6.02. The van der Waals surface area contributed by atoms with Crippen molar-refractivity contribution in [1.82, 2.24) is 4.90 Å². The highest BCUT2D eigenvalue weighted by Gasteiger charge is 2.31. The molecular weight excluding hydrogens is 292 g/mol. The summed E-state index contributed by atoms with van der Waals surface area (Å²) in [5.74, 6) is 0.593. The van der Waals surface area contributed by atoms with Crippen molar-refractivity contribution in [3.8, 4) is 5.75 Å². The summed E-state index contributed by atoms with van der Waals surface area (Å²) in [7, 11) is 0. The summed E-state index contributed by atoms with van der Waals surface area (Å²) in [4.78, 5) is 13.6. The number of nitrogens with two attached hydrogens (primary N) is 1. The zero-order valence-corrected chi connectivity index (χ0v) is 13.3. The Bertz CT molecular complexity index is 528. The Morgan fingerprint density at radius 3 is 2.76 bits per heavy atom. The van der Waals surface area contributed by atoms with Gasteiger partial charge in [-0.2, -0.15) is 0 Å². The number of nitrogens with zero attached hydrogens (tertiary/aromatic N) is 1. The summed E-state index contributed by atoms with van der Waals surface area (Å²) < 4.78 is 11.2. The van der Waals surface area contributed by atoms with Crippen molar-refractivity contribution in [3.05, 3.63) is 23.2 Å². The summed E-state index contributed by atoms with van der Waals surface area (Å²) in [6, 6.07) is 5.12. The molecule has 1 fully saturated rings. The van der Waals surface area contributed by atoms with E-state index >= 15 is 0 Å². The molecule has 1 saturated heterocycles. The molecule has 2 N–H and O–H groups in total. The number of amides is 1. The molecule has 0 aromatic heterocycles. The summed E-state index contributed by atoms with van der Waals surface area (Å²) in [5, 5.41) is 0.571. The van der Waals surface area contributed by atoms with Crippen LogP contribution in [0.25, 0.3) is 0 Å². The van der Waals surface area contributed by atoms with Crippen molar-refractivity contribution in [2.75, 3.05) is 18.8 Å². The first kappa shape index (κ1) is 15.8. The Morgan fingerprint density at radius 2 is 2.14 bits per heavy atom. The Hall–Kier alpha value is -1.62. The van der Waals surface area contributed by atoms with Crippen molar-refractivity contribution in [1.29, 1.82) is 0 Å². The number of rotatable bonds is 2. The summed E-state index contributed by atoms with van der Waals surface area (Å²) in [6.07, 6.45) is 0.361. The van der Waals surface area contributed by atoms with Crippen molar-refractivity contribution in [2.45, 2.75) is 38.9 Å². The van der Waals surface area contributed by atoms with Gasteiger partial charge in [-0.1, -0.05) is 11.6 Å². The van der Waals surface area contributed by atoms with Crippen LogP contribution < -0.4 is 10.5 Å². The van der Waals surface area contributed by atoms with Gasteiger partial charge in [0.1, 0.15) is 17.5 Å². The number of halogens is 1. The van der Waals surface area contributed by atoms with Gasteiger partial charge in [0.2, 0.25) is 0 Å². The molecule has 0 radical (unpaired) electrons. The third kappa shape index (κ3) is 4.43. The van der Waals surface area contributed by atoms with Crippen LogP contribution in [0.3, 0.4) is 0 Å². The SMILES string of the molecule is CC(C)(C)OC(=O)N1CCC(Oc2ccc(Cl)cc2N)C1. The number of nitrogen functional groups attached to an aromatic ring is 1. The minimum absolute atomic E-state index is 0.0824. The van der Waals surface area contributed by atoms with E-state index in [9.17, 15) is 4.79 Å². The van der Waals surface area contributed by atoms with Gasteiger partial charge < -0.3 is 20.1 Å². The van der Waals surface area contributed by atoms with E-state index in [1.54, 1.807) is 23.1 Å². The van der Waals surface area contributed by atoms with Gasteiger partial charge in [0.25, 0.3) is 0 Å². The van der Waals surface area contributed by atoms with E-state index in [1.807, 2.05) is 20.8 Å². The number of benzene rings is 1. The molecule has 1 aromatic carbocycles. The second-order valence-corrected chi connectivity index (χ2v) is 6.57. The molecule has 6 heteroatoms. The van der Waals surface area contributed by atoms with Crippen LogP contribution in [0, 0.1) is 0 Å². The quantitative estimate of drug-likeness (QED) is 0.851. The smallest absolute Gasteiger partial charge is 0.410 e. The Kier molecular flexibility index (Phi) is 4.52. The molecule has 2 rings (SSSR count). The molecule has 1 amide bonds. The number of hydrogen-bond acceptors (Lipinski definition) is 4. The molecule has 0 spiro atoms. The maximum absolute atomic E-state index is 12.0. The van der Waals surface area contributed by atoms with Crippen LogP contribution in [0.4, 0.5) is 10.5 Å². The van der Waals surface area contributed by atoms with Gasteiger partial charge in [0.05, 0.1) is 12.2 Å². The highest BCUT2D eigenvalue weighted by Crippen LogP contribution is 2.28. The van der Waals surface area contributed by atoms with Gasteiger partial charge >= 0.3 is 6.09 Å². The number of carbonyl (C=O) groups excluding carboxylic acids is 1. The lowest BCUT2D eigenvalue weighted by atomic mass is 10.2. The molecule has 1 aliphatic rings. The molecule has 0 bridgehead atoms. The van der Waals surface area contributed by atoms with Crippen molar-refractivity contribution in [3.63, 3.8) is 0 Å². The van der Waals surface area contributed by atoms with E-state index in [2.05, 4.69) is 0 Å². The normalized spacial score (nSPS) is 18.7. The third-order valence-corrected chi connectivity index (χ3v) is 3.30. The maximum atomic E-state index is 12.0. The van der Waals surface area contributed by atoms with Crippen LogP contribution >= 0.6 is 11.6 Å². The van der Waals surface area contributed by atoms with Gasteiger partial charge in [-0.05, 0) is 39.0 Å². The topological polar surface area (TPSA) is 64.8 Å². The van der Waals surface area contributed by atoms with Crippen LogP contribution in [0.5, 0.6) is 5.75 Å².